The van der Waals surface area contributed by atoms with Gasteiger partial charge in [-0.1, -0.05) is 42.5 Å². The average molecular weight is 775 g/mol. The number of ether oxygens (including phenoxy) is 3. The zero-order chi connectivity index (χ0) is 40.6. The van der Waals surface area contributed by atoms with Crippen LogP contribution in [0.5, 0.6) is 5.75 Å². The van der Waals surface area contributed by atoms with Crippen molar-refractivity contribution in [1.29, 1.82) is 0 Å². The Balaban J connectivity index is 2.27. The predicted octanol–water partition coefficient (Wildman–Crippen LogP) is 2.75. The van der Waals surface area contributed by atoms with Crippen LogP contribution < -0.4 is 16.0 Å². The van der Waals surface area contributed by atoms with E-state index in [2.05, 4.69) is 16.0 Å². The quantitative estimate of drug-likeness (QED) is 0.128. The fraction of sp³-hybridized carbons (Fsp3) is 0.526. The highest BCUT2D eigenvalue weighted by Crippen LogP contribution is 2.16. The van der Waals surface area contributed by atoms with Crippen LogP contribution in [0, 0.1) is 5.41 Å². The van der Waals surface area contributed by atoms with Crippen LogP contribution in [0.25, 0.3) is 0 Å². The molecule has 2 rings (SSSR count). The summed E-state index contributed by atoms with van der Waals surface area (Å²) in [6, 6.07) is 11.3. The van der Waals surface area contributed by atoms with Crippen LogP contribution in [-0.2, 0) is 61.8 Å². The standard InChI is InChI=1S/C38H54N4O11S/c1-37(2,3)35(48)52-24-51-31(44)18-20-42(7)34(47)30(23-25-12-10-9-11-13-25)40-32(45)28(19-21-54(8)50)39-33(46)29(41-36(49)53-38(4,5)6)22-26-14-16-27(43)17-15-26/h9-17,28-30,43H,18-24H2,1-8H3,(H,39,46)(H,40,45)(H,41,49)/t28-,29+,30+,54?/m1/s1. The first kappa shape index (κ1) is 45.2. The molecule has 4 atom stereocenters. The first-order valence-corrected chi connectivity index (χ1v) is 19.2. The zero-order valence-corrected chi connectivity index (χ0v) is 33.1. The minimum Gasteiger partial charge on any atom is -0.508 e. The van der Waals surface area contributed by atoms with E-state index in [-0.39, 0.29) is 43.7 Å². The molecule has 0 aliphatic heterocycles. The third kappa shape index (κ3) is 17.2. The number of aromatic hydroxyl groups is 1. The summed E-state index contributed by atoms with van der Waals surface area (Å²) in [6.07, 6.45) is 0.323. The van der Waals surface area contributed by atoms with E-state index in [4.69, 9.17) is 14.2 Å². The predicted molar refractivity (Wildman–Crippen MR) is 201 cm³/mol. The van der Waals surface area contributed by atoms with Crippen molar-refractivity contribution in [3.05, 3.63) is 65.7 Å². The second-order valence-corrected chi connectivity index (χ2v) is 16.3. The fourth-order valence-electron chi connectivity index (χ4n) is 4.75. The molecule has 0 spiro atoms. The number of phenols is 1. The van der Waals surface area contributed by atoms with Crippen LogP contribution in [-0.4, -0.2) is 106 Å². The number of hydrogen-bond donors (Lipinski definition) is 4. The number of esters is 2. The van der Waals surface area contributed by atoms with Gasteiger partial charge in [0.25, 0.3) is 0 Å². The zero-order valence-electron chi connectivity index (χ0n) is 32.3. The van der Waals surface area contributed by atoms with E-state index in [0.29, 0.717) is 5.56 Å². The molecule has 1 unspecified atom stereocenters. The Bertz CT molecular complexity index is 1610. The summed E-state index contributed by atoms with van der Waals surface area (Å²) in [5, 5.41) is 17.7. The number of rotatable bonds is 18. The molecule has 0 aliphatic rings. The second-order valence-electron chi connectivity index (χ2n) is 14.8. The molecule has 0 saturated carbocycles. The summed E-state index contributed by atoms with van der Waals surface area (Å²) >= 11 is 0. The van der Waals surface area contributed by atoms with Crippen molar-refractivity contribution < 1.29 is 52.3 Å². The van der Waals surface area contributed by atoms with Crippen LogP contribution in [0.2, 0.25) is 0 Å². The van der Waals surface area contributed by atoms with E-state index in [1.807, 2.05) is 0 Å². The highest BCUT2D eigenvalue weighted by Gasteiger charge is 2.32. The smallest absolute Gasteiger partial charge is 0.408 e. The number of amides is 4. The molecule has 2 aromatic carbocycles. The molecule has 4 N–H and O–H groups in total. The van der Waals surface area contributed by atoms with Crippen molar-refractivity contribution in [3.63, 3.8) is 0 Å². The van der Waals surface area contributed by atoms with Gasteiger partial charge in [0.2, 0.25) is 24.5 Å². The lowest BCUT2D eigenvalue weighted by Gasteiger charge is -2.28. The number of benzene rings is 2. The Labute approximate surface area is 319 Å². The minimum atomic E-state index is -1.35. The van der Waals surface area contributed by atoms with E-state index in [9.17, 15) is 38.1 Å². The molecular weight excluding hydrogens is 721 g/mol. The van der Waals surface area contributed by atoms with Gasteiger partial charge in [-0.15, -0.1) is 0 Å². The van der Waals surface area contributed by atoms with Gasteiger partial charge in [0.15, 0.2) is 0 Å². The number of phenolic OH excluding ortho intramolecular Hbond substituents is 1. The van der Waals surface area contributed by atoms with Gasteiger partial charge in [-0.25, -0.2) is 4.79 Å². The lowest BCUT2D eigenvalue weighted by atomic mass is 9.98. The first-order valence-electron chi connectivity index (χ1n) is 17.4. The summed E-state index contributed by atoms with van der Waals surface area (Å²) in [5.74, 6) is -3.24. The number of nitrogens with zero attached hydrogens (tertiary/aromatic N) is 1. The van der Waals surface area contributed by atoms with Crippen molar-refractivity contribution in [2.75, 3.05) is 32.4 Å². The maximum atomic E-state index is 13.9. The molecule has 0 radical (unpaired) electrons. The molecule has 54 heavy (non-hydrogen) atoms. The number of alkyl carbamates (subject to hydrolysis) is 1. The van der Waals surface area contributed by atoms with Crippen molar-refractivity contribution >= 4 is 46.6 Å². The van der Waals surface area contributed by atoms with Gasteiger partial charge in [0.1, 0.15) is 29.5 Å². The van der Waals surface area contributed by atoms with Gasteiger partial charge < -0.3 is 40.2 Å². The minimum absolute atomic E-state index is 0.00762. The molecule has 0 fully saturated rings. The third-order valence-electron chi connectivity index (χ3n) is 7.66. The number of hydrogen-bond acceptors (Lipinski definition) is 11. The van der Waals surface area contributed by atoms with E-state index in [1.54, 1.807) is 84.0 Å². The lowest BCUT2D eigenvalue weighted by molar-refractivity contribution is -0.173. The van der Waals surface area contributed by atoms with Gasteiger partial charge >= 0.3 is 18.0 Å². The third-order valence-corrected chi connectivity index (χ3v) is 8.47. The Hall–Kier alpha value is -4.99. The molecule has 2 aromatic rings. The molecule has 4 amide bonds. The lowest BCUT2D eigenvalue weighted by Crippen LogP contribution is -2.58. The van der Waals surface area contributed by atoms with Crippen LogP contribution in [0.3, 0.4) is 0 Å². The van der Waals surface area contributed by atoms with E-state index >= 15 is 0 Å². The van der Waals surface area contributed by atoms with Gasteiger partial charge in [0, 0.05) is 49.2 Å². The largest absolute Gasteiger partial charge is 0.508 e. The molecule has 298 valence electrons. The van der Waals surface area contributed by atoms with E-state index in [0.717, 1.165) is 5.56 Å². The molecule has 16 heteroatoms. The van der Waals surface area contributed by atoms with Crippen molar-refractivity contribution in [2.24, 2.45) is 5.41 Å². The summed E-state index contributed by atoms with van der Waals surface area (Å²) in [6.45, 7) is 9.30. The summed E-state index contributed by atoms with van der Waals surface area (Å²) in [5.41, 5.74) is -0.341. The van der Waals surface area contributed by atoms with Gasteiger partial charge in [-0.3, -0.25) is 28.2 Å². The maximum Gasteiger partial charge on any atom is 0.408 e. The molecule has 0 aliphatic carbocycles. The number of carbonyl (C=O) groups is 6. The Morgan fingerprint density at radius 3 is 1.91 bits per heavy atom. The summed E-state index contributed by atoms with van der Waals surface area (Å²) in [4.78, 5) is 79.7. The van der Waals surface area contributed by atoms with Crippen LogP contribution in [0.15, 0.2) is 54.6 Å². The Morgan fingerprint density at radius 2 is 1.33 bits per heavy atom. The fourth-order valence-corrected chi connectivity index (χ4v) is 5.31. The van der Waals surface area contributed by atoms with Crippen molar-refractivity contribution in [2.45, 2.75) is 91.0 Å². The van der Waals surface area contributed by atoms with Crippen LogP contribution >= 0.6 is 0 Å². The van der Waals surface area contributed by atoms with Gasteiger partial charge in [0.05, 0.1) is 11.8 Å². The highest BCUT2D eigenvalue weighted by atomic mass is 32.2. The van der Waals surface area contributed by atoms with Gasteiger partial charge in [-0.2, -0.15) is 0 Å². The number of carbonyl (C=O) groups excluding carboxylic acids is 6. The Morgan fingerprint density at radius 1 is 0.778 bits per heavy atom. The molecule has 15 nitrogen and oxygen atoms in total. The number of nitrogens with one attached hydrogen (secondary N) is 3. The molecule has 0 heterocycles. The molecule has 0 aromatic heterocycles. The second kappa shape index (κ2) is 21.0. The maximum absolute atomic E-state index is 13.9. The Kier molecular flexibility index (Phi) is 17.6. The monoisotopic (exact) mass is 774 g/mol. The van der Waals surface area contributed by atoms with E-state index < -0.39 is 82.5 Å². The normalized spacial score (nSPS) is 13.6. The van der Waals surface area contributed by atoms with Crippen LogP contribution in [0.1, 0.15) is 65.5 Å². The van der Waals surface area contributed by atoms with E-state index in [1.165, 1.54) is 30.3 Å². The highest BCUT2D eigenvalue weighted by molar-refractivity contribution is 7.84. The SMILES string of the molecule is CN(CCC(=O)OCOC(=O)C(C)(C)C)C(=O)[C@H](Cc1ccccc1)NC(=O)[C@@H](CCS(C)=O)NC(=O)[C@H](Cc1ccc(O)cc1)NC(=O)OC(C)(C)C. The van der Waals surface area contributed by atoms with Gasteiger partial charge in [-0.05, 0) is 71.2 Å². The molecular formula is C38H54N4O11S. The number of likely N-dealkylation sites (N-methyl/N-ethyl adjacent to an activating group) is 1. The van der Waals surface area contributed by atoms with Crippen molar-refractivity contribution in [1.82, 2.24) is 20.9 Å². The van der Waals surface area contributed by atoms with Crippen LogP contribution in [0.4, 0.5) is 4.79 Å². The molecule has 0 saturated heterocycles. The average Bonchev–Trinajstić information content (AvgIpc) is 3.07. The van der Waals surface area contributed by atoms with Crippen molar-refractivity contribution in [3.8, 4) is 5.75 Å². The first-order chi connectivity index (χ1) is 25.1. The molecule has 0 bridgehead atoms. The topological polar surface area (TPSA) is 207 Å². The summed E-state index contributed by atoms with van der Waals surface area (Å²) in [7, 11) is 0.102. The summed E-state index contributed by atoms with van der Waals surface area (Å²) < 4.78 is 27.4.